The van der Waals surface area contributed by atoms with E-state index in [-0.39, 0.29) is 15.9 Å². The number of sulfonamides is 1. The summed E-state index contributed by atoms with van der Waals surface area (Å²) < 4.78 is 39.9. The van der Waals surface area contributed by atoms with Crippen molar-refractivity contribution in [1.82, 2.24) is 9.71 Å². The van der Waals surface area contributed by atoms with Crippen molar-refractivity contribution < 1.29 is 12.8 Å². The lowest BCUT2D eigenvalue weighted by Gasteiger charge is -2.07. The summed E-state index contributed by atoms with van der Waals surface area (Å²) >= 11 is 5.62. The van der Waals surface area contributed by atoms with Gasteiger partial charge in [0.1, 0.15) is 15.9 Å². The summed E-state index contributed by atoms with van der Waals surface area (Å²) in [5.41, 5.74) is 0.646. The highest BCUT2D eigenvalue weighted by atomic mass is 35.5. The molecule has 0 amide bonds. The number of hydrogen-bond acceptors (Lipinski definition) is 3. The molecule has 2 rings (SSSR count). The predicted molar refractivity (Wildman–Crippen MR) is 83.8 cm³/mol. The number of unbranched alkanes of at least 4 members (excludes halogenated alkanes) is 1. The Kier molecular flexibility index (Phi) is 5.88. The number of nitrogens with zero attached hydrogens (tertiary/aromatic N) is 1. The van der Waals surface area contributed by atoms with Gasteiger partial charge in [-0.3, -0.25) is 0 Å². The fraction of sp³-hybridized carbons (Fsp3) is 0.267. The summed E-state index contributed by atoms with van der Waals surface area (Å²) in [5, 5.41) is 0.240. The highest BCUT2D eigenvalue weighted by molar-refractivity contribution is 7.89. The van der Waals surface area contributed by atoms with E-state index in [2.05, 4.69) is 9.71 Å². The topological polar surface area (TPSA) is 59.1 Å². The van der Waals surface area contributed by atoms with Crippen LogP contribution in [0.5, 0.6) is 0 Å². The summed E-state index contributed by atoms with van der Waals surface area (Å²) in [5.74, 6) is -0.227. The van der Waals surface area contributed by atoms with E-state index in [0.717, 1.165) is 0 Å². The van der Waals surface area contributed by atoms with Crippen LogP contribution in [-0.2, 0) is 16.4 Å². The van der Waals surface area contributed by atoms with Crippen molar-refractivity contribution in [3.63, 3.8) is 0 Å². The van der Waals surface area contributed by atoms with Gasteiger partial charge in [-0.15, -0.1) is 0 Å². The Hall–Kier alpha value is -1.50. The first-order valence-corrected chi connectivity index (χ1v) is 8.70. The summed E-state index contributed by atoms with van der Waals surface area (Å²) in [7, 11) is -3.58. The van der Waals surface area contributed by atoms with Crippen LogP contribution in [0.15, 0.2) is 47.5 Å². The van der Waals surface area contributed by atoms with Gasteiger partial charge in [-0.05, 0) is 43.0 Å². The van der Waals surface area contributed by atoms with Gasteiger partial charge in [-0.25, -0.2) is 22.5 Å². The largest absolute Gasteiger partial charge is 0.243 e. The number of hydrogen-bond donors (Lipinski definition) is 1. The Morgan fingerprint density at radius 3 is 2.59 bits per heavy atom. The molecule has 1 aromatic heterocycles. The Balaban J connectivity index is 1.79. The maximum absolute atomic E-state index is 13.4. The number of aryl methyl sites for hydroxylation is 1. The minimum atomic E-state index is -3.58. The summed E-state index contributed by atoms with van der Waals surface area (Å²) in [4.78, 5) is 3.82. The van der Waals surface area contributed by atoms with Crippen LogP contribution < -0.4 is 4.72 Å². The van der Waals surface area contributed by atoms with Crippen LogP contribution in [-0.4, -0.2) is 19.9 Å². The van der Waals surface area contributed by atoms with Gasteiger partial charge in [0.15, 0.2) is 0 Å². The van der Waals surface area contributed by atoms with E-state index >= 15 is 0 Å². The van der Waals surface area contributed by atoms with E-state index in [4.69, 9.17) is 11.6 Å². The molecule has 0 fully saturated rings. The zero-order valence-corrected chi connectivity index (χ0v) is 13.4. The fourth-order valence-corrected chi connectivity index (χ4v) is 3.08. The second kappa shape index (κ2) is 7.67. The van der Waals surface area contributed by atoms with E-state index in [9.17, 15) is 12.8 Å². The summed E-state index contributed by atoms with van der Waals surface area (Å²) in [6, 6.07) is 9.41. The number of rotatable bonds is 7. The standard InChI is InChI=1S/C15H16ClFN2O2S/c16-15-9-8-13(11-18-15)22(20,21)19-10-4-3-6-12-5-1-2-7-14(12)17/h1-2,5,7-9,11,19H,3-4,6,10H2. The molecule has 1 aromatic carbocycles. The van der Waals surface area contributed by atoms with Crippen molar-refractivity contribution >= 4 is 21.6 Å². The highest BCUT2D eigenvalue weighted by Crippen LogP contribution is 2.12. The third-order valence-corrected chi connectivity index (χ3v) is 4.80. The van der Waals surface area contributed by atoms with Crippen molar-refractivity contribution in [1.29, 1.82) is 0 Å². The molecular formula is C15H16ClFN2O2S. The molecule has 1 heterocycles. The maximum atomic E-state index is 13.4. The quantitative estimate of drug-likeness (QED) is 0.621. The van der Waals surface area contributed by atoms with Crippen molar-refractivity contribution in [2.24, 2.45) is 0 Å². The number of benzene rings is 1. The zero-order valence-electron chi connectivity index (χ0n) is 11.8. The molecule has 0 aliphatic carbocycles. The van der Waals surface area contributed by atoms with E-state index in [1.165, 1.54) is 24.4 Å². The molecule has 0 atom stereocenters. The number of aromatic nitrogens is 1. The normalized spacial score (nSPS) is 11.5. The molecular weight excluding hydrogens is 327 g/mol. The van der Waals surface area contributed by atoms with Gasteiger partial charge < -0.3 is 0 Å². The Labute approximate surface area is 134 Å². The lowest BCUT2D eigenvalue weighted by atomic mass is 10.1. The van der Waals surface area contributed by atoms with Gasteiger partial charge in [-0.1, -0.05) is 29.8 Å². The van der Waals surface area contributed by atoms with Crippen LogP contribution in [0, 0.1) is 5.82 Å². The van der Waals surface area contributed by atoms with Gasteiger partial charge in [0.2, 0.25) is 10.0 Å². The molecule has 0 bridgehead atoms. The van der Waals surface area contributed by atoms with Crippen molar-refractivity contribution in [3.05, 3.63) is 59.1 Å². The van der Waals surface area contributed by atoms with E-state index in [1.54, 1.807) is 18.2 Å². The molecule has 0 aliphatic heterocycles. The lowest BCUT2D eigenvalue weighted by molar-refractivity contribution is 0.573. The minimum Gasteiger partial charge on any atom is -0.243 e. The second-order valence-corrected chi connectivity index (χ2v) is 6.92. The van der Waals surface area contributed by atoms with Crippen molar-refractivity contribution in [2.45, 2.75) is 24.2 Å². The van der Waals surface area contributed by atoms with Crippen molar-refractivity contribution in [2.75, 3.05) is 6.54 Å². The first-order chi connectivity index (χ1) is 10.5. The molecule has 4 nitrogen and oxygen atoms in total. The van der Waals surface area contributed by atoms with Gasteiger partial charge in [0.25, 0.3) is 0 Å². The predicted octanol–water partition coefficient (Wildman–Crippen LogP) is 3.18. The molecule has 0 saturated heterocycles. The zero-order chi connectivity index (χ0) is 16.0. The average Bonchev–Trinajstić information content (AvgIpc) is 2.49. The summed E-state index contributed by atoms with van der Waals surface area (Å²) in [6.07, 6.45) is 3.11. The minimum absolute atomic E-state index is 0.0750. The number of pyridine rings is 1. The van der Waals surface area contributed by atoms with Crippen molar-refractivity contribution in [3.8, 4) is 0 Å². The van der Waals surface area contributed by atoms with Gasteiger partial charge >= 0.3 is 0 Å². The lowest BCUT2D eigenvalue weighted by Crippen LogP contribution is -2.25. The van der Waals surface area contributed by atoms with Crippen LogP contribution in [0.2, 0.25) is 5.15 Å². The van der Waals surface area contributed by atoms with Gasteiger partial charge in [0, 0.05) is 12.7 Å². The molecule has 1 N–H and O–H groups in total. The molecule has 7 heteroatoms. The number of nitrogens with one attached hydrogen (secondary N) is 1. The first kappa shape index (κ1) is 16.9. The van der Waals surface area contributed by atoms with E-state index < -0.39 is 10.0 Å². The van der Waals surface area contributed by atoms with E-state index in [1.807, 2.05) is 0 Å². The van der Waals surface area contributed by atoms with Crippen LogP contribution in [0.4, 0.5) is 4.39 Å². The maximum Gasteiger partial charge on any atom is 0.242 e. The Bertz CT molecular complexity index is 721. The second-order valence-electron chi connectivity index (χ2n) is 4.76. The molecule has 0 unspecified atom stereocenters. The van der Waals surface area contributed by atoms with Crippen LogP contribution in [0.1, 0.15) is 18.4 Å². The third kappa shape index (κ3) is 4.76. The van der Waals surface area contributed by atoms with Crippen LogP contribution in [0.25, 0.3) is 0 Å². The monoisotopic (exact) mass is 342 g/mol. The summed E-state index contributed by atoms with van der Waals surface area (Å²) in [6.45, 7) is 0.291. The Morgan fingerprint density at radius 2 is 1.91 bits per heavy atom. The molecule has 118 valence electrons. The Morgan fingerprint density at radius 1 is 1.14 bits per heavy atom. The molecule has 0 radical (unpaired) electrons. The first-order valence-electron chi connectivity index (χ1n) is 6.84. The molecule has 22 heavy (non-hydrogen) atoms. The molecule has 2 aromatic rings. The molecule has 0 spiro atoms. The molecule has 0 aliphatic rings. The third-order valence-electron chi connectivity index (χ3n) is 3.13. The van der Waals surface area contributed by atoms with Crippen LogP contribution >= 0.6 is 11.6 Å². The SMILES string of the molecule is O=S(=O)(NCCCCc1ccccc1F)c1ccc(Cl)nc1. The number of halogens is 2. The van der Waals surface area contributed by atoms with Gasteiger partial charge in [0.05, 0.1) is 0 Å². The van der Waals surface area contributed by atoms with E-state index in [0.29, 0.717) is 31.4 Å². The highest BCUT2D eigenvalue weighted by Gasteiger charge is 2.13. The smallest absolute Gasteiger partial charge is 0.242 e. The average molecular weight is 343 g/mol. The fourth-order valence-electron chi connectivity index (χ4n) is 1.95. The van der Waals surface area contributed by atoms with Gasteiger partial charge in [-0.2, -0.15) is 0 Å². The molecule has 0 saturated carbocycles. The van der Waals surface area contributed by atoms with Crippen LogP contribution in [0.3, 0.4) is 0 Å².